The van der Waals surface area contributed by atoms with E-state index >= 15 is 0 Å². The van der Waals surface area contributed by atoms with Crippen LogP contribution in [0.25, 0.3) is 0 Å². The van der Waals surface area contributed by atoms with Gasteiger partial charge in [0.05, 0.1) is 33.1 Å². The third kappa shape index (κ3) is 4.63. The smallest absolute Gasteiger partial charge is 0.413 e. The molecule has 0 spiro atoms. The molecule has 1 aromatic carbocycles. The van der Waals surface area contributed by atoms with Crippen LogP contribution in [0.1, 0.15) is 17.5 Å². The number of methoxy groups -OCH3 is 2. The largest absolute Gasteiger partial charge is 0.497 e. The summed E-state index contributed by atoms with van der Waals surface area (Å²) in [6, 6.07) is 4.96. The lowest BCUT2D eigenvalue weighted by Gasteiger charge is -2.26. The molecular formula is C18H22N4O5S. The van der Waals surface area contributed by atoms with Gasteiger partial charge >= 0.3 is 12.1 Å². The standard InChI is InChI=1S/C18H22N4O5S/c1-4-27-18(24)21-16-20-14-5-6-22(10-15(14)28-16)17(23)19-11-7-12(25-2)9-13(8-11)26-3/h7-9H,4-6,10H2,1-3H3,(H,19,23)(H,20,21,24). The number of carbonyl (C=O) groups excluding carboxylic acids is 2. The van der Waals surface area contributed by atoms with Gasteiger partial charge < -0.3 is 24.4 Å². The first-order chi connectivity index (χ1) is 13.5. The Morgan fingerprint density at radius 1 is 1.18 bits per heavy atom. The maximum absolute atomic E-state index is 12.7. The average molecular weight is 406 g/mol. The van der Waals surface area contributed by atoms with Crippen LogP contribution in [0.3, 0.4) is 0 Å². The first kappa shape index (κ1) is 19.7. The van der Waals surface area contributed by atoms with Gasteiger partial charge in [0.15, 0.2) is 5.13 Å². The van der Waals surface area contributed by atoms with E-state index in [1.807, 2.05) is 0 Å². The minimum atomic E-state index is -0.532. The summed E-state index contributed by atoms with van der Waals surface area (Å²) in [7, 11) is 3.11. The lowest BCUT2D eigenvalue weighted by Crippen LogP contribution is -2.38. The molecule has 0 bridgehead atoms. The van der Waals surface area contributed by atoms with E-state index in [-0.39, 0.29) is 6.03 Å². The summed E-state index contributed by atoms with van der Waals surface area (Å²) < 4.78 is 15.3. The number of fused-ring (bicyclic) bond motifs is 1. The van der Waals surface area contributed by atoms with Crippen molar-refractivity contribution in [3.8, 4) is 11.5 Å². The number of nitrogens with zero attached hydrogens (tertiary/aromatic N) is 2. The van der Waals surface area contributed by atoms with Crippen molar-refractivity contribution in [1.82, 2.24) is 9.88 Å². The lowest BCUT2D eigenvalue weighted by molar-refractivity contribution is 0.168. The van der Waals surface area contributed by atoms with Gasteiger partial charge in [0.25, 0.3) is 0 Å². The predicted molar refractivity (Wildman–Crippen MR) is 105 cm³/mol. The Morgan fingerprint density at radius 3 is 2.54 bits per heavy atom. The van der Waals surface area contributed by atoms with Crippen LogP contribution >= 0.6 is 11.3 Å². The molecule has 10 heteroatoms. The third-order valence-corrected chi connectivity index (χ3v) is 5.10. The molecule has 0 fully saturated rings. The van der Waals surface area contributed by atoms with Crippen LogP contribution in [-0.4, -0.2) is 49.4 Å². The number of rotatable bonds is 5. The fraction of sp³-hybridized carbons (Fsp3) is 0.389. The number of thiazole rings is 1. The van der Waals surface area contributed by atoms with Crippen LogP contribution in [0.4, 0.5) is 20.4 Å². The zero-order valence-corrected chi connectivity index (χ0v) is 16.7. The van der Waals surface area contributed by atoms with Crippen LogP contribution in [0.2, 0.25) is 0 Å². The molecule has 2 aromatic rings. The Morgan fingerprint density at radius 2 is 1.89 bits per heavy atom. The molecule has 28 heavy (non-hydrogen) atoms. The molecule has 0 saturated carbocycles. The Kier molecular flexibility index (Phi) is 6.19. The van der Waals surface area contributed by atoms with E-state index in [0.29, 0.717) is 48.4 Å². The van der Waals surface area contributed by atoms with E-state index in [1.165, 1.54) is 11.3 Å². The van der Waals surface area contributed by atoms with Crippen LogP contribution in [-0.2, 0) is 17.7 Å². The zero-order valence-electron chi connectivity index (χ0n) is 15.9. The van der Waals surface area contributed by atoms with E-state index in [0.717, 1.165) is 10.6 Å². The summed E-state index contributed by atoms with van der Waals surface area (Å²) in [5.41, 5.74) is 1.48. The van der Waals surface area contributed by atoms with Crippen LogP contribution in [0.15, 0.2) is 18.2 Å². The SMILES string of the molecule is CCOC(=O)Nc1nc2c(s1)CN(C(=O)Nc1cc(OC)cc(OC)c1)CC2. The highest BCUT2D eigenvalue weighted by molar-refractivity contribution is 7.15. The molecular weight excluding hydrogens is 384 g/mol. The summed E-state index contributed by atoms with van der Waals surface area (Å²) in [6.07, 6.45) is 0.0840. The monoisotopic (exact) mass is 406 g/mol. The summed E-state index contributed by atoms with van der Waals surface area (Å²) >= 11 is 1.34. The fourth-order valence-corrected chi connectivity index (χ4v) is 3.77. The van der Waals surface area contributed by atoms with Gasteiger partial charge in [-0.25, -0.2) is 14.6 Å². The molecule has 0 saturated heterocycles. The molecule has 1 aliphatic rings. The molecule has 0 atom stereocenters. The van der Waals surface area contributed by atoms with Gasteiger partial charge in [0.1, 0.15) is 11.5 Å². The lowest BCUT2D eigenvalue weighted by atomic mass is 10.2. The minimum absolute atomic E-state index is 0.228. The van der Waals surface area contributed by atoms with Crippen molar-refractivity contribution >= 4 is 34.3 Å². The third-order valence-electron chi connectivity index (χ3n) is 4.11. The van der Waals surface area contributed by atoms with Crippen molar-refractivity contribution in [3.05, 3.63) is 28.8 Å². The first-order valence-corrected chi connectivity index (χ1v) is 9.55. The molecule has 2 N–H and O–H groups in total. The van der Waals surface area contributed by atoms with E-state index in [1.54, 1.807) is 44.2 Å². The second-order valence-electron chi connectivity index (χ2n) is 5.94. The van der Waals surface area contributed by atoms with Crippen LogP contribution in [0.5, 0.6) is 11.5 Å². The van der Waals surface area contributed by atoms with Gasteiger partial charge in [0, 0.05) is 41.7 Å². The number of aromatic nitrogens is 1. The number of nitrogens with one attached hydrogen (secondary N) is 2. The molecule has 0 unspecified atom stereocenters. The molecule has 3 rings (SSSR count). The van der Waals surface area contributed by atoms with Crippen molar-refractivity contribution in [2.75, 3.05) is 38.0 Å². The number of benzene rings is 1. The zero-order chi connectivity index (χ0) is 20.1. The molecule has 1 aromatic heterocycles. The van der Waals surface area contributed by atoms with Crippen molar-refractivity contribution in [3.63, 3.8) is 0 Å². The number of urea groups is 1. The molecule has 1 aliphatic heterocycles. The van der Waals surface area contributed by atoms with Gasteiger partial charge in [-0.1, -0.05) is 11.3 Å². The molecule has 150 valence electrons. The second-order valence-corrected chi connectivity index (χ2v) is 7.02. The quantitative estimate of drug-likeness (QED) is 0.790. The van der Waals surface area contributed by atoms with Crippen molar-refractivity contribution in [1.29, 1.82) is 0 Å². The minimum Gasteiger partial charge on any atom is -0.497 e. The summed E-state index contributed by atoms with van der Waals surface area (Å²) in [5.74, 6) is 1.18. The summed E-state index contributed by atoms with van der Waals surface area (Å²) in [4.78, 5) is 31.3. The van der Waals surface area contributed by atoms with Gasteiger partial charge in [-0.05, 0) is 6.92 Å². The van der Waals surface area contributed by atoms with E-state index in [9.17, 15) is 9.59 Å². The predicted octanol–water partition coefficient (Wildman–Crippen LogP) is 3.32. The highest BCUT2D eigenvalue weighted by Crippen LogP contribution is 2.30. The average Bonchev–Trinajstić information content (AvgIpc) is 3.08. The number of anilines is 2. The van der Waals surface area contributed by atoms with E-state index < -0.39 is 6.09 Å². The normalized spacial score (nSPS) is 12.8. The van der Waals surface area contributed by atoms with Crippen molar-refractivity contribution in [2.45, 2.75) is 19.9 Å². The Labute approximate surface area is 166 Å². The molecule has 2 heterocycles. The van der Waals surface area contributed by atoms with Gasteiger partial charge in [-0.2, -0.15) is 0 Å². The number of hydrogen-bond donors (Lipinski definition) is 2. The first-order valence-electron chi connectivity index (χ1n) is 8.73. The summed E-state index contributed by atoms with van der Waals surface area (Å²) in [5, 5.41) is 5.95. The van der Waals surface area contributed by atoms with E-state index in [2.05, 4.69) is 15.6 Å². The molecule has 0 radical (unpaired) electrons. The van der Waals surface area contributed by atoms with Crippen molar-refractivity contribution in [2.24, 2.45) is 0 Å². The topological polar surface area (TPSA) is 102 Å². The number of amides is 3. The van der Waals surface area contributed by atoms with Crippen molar-refractivity contribution < 1.29 is 23.8 Å². The van der Waals surface area contributed by atoms with Crippen LogP contribution in [0, 0.1) is 0 Å². The molecule has 3 amide bonds. The maximum Gasteiger partial charge on any atom is 0.413 e. The number of ether oxygens (including phenoxy) is 3. The fourth-order valence-electron chi connectivity index (χ4n) is 2.76. The van der Waals surface area contributed by atoms with E-state index in [4.69, 9.17) is 14.2 Å². The second kappa shape index (κ2) is 8.79. The highest BCUT2D eigenvalue weighted by atomic mass is 32.1. The number of hydrogen-bond acceptors (Lipinski definition) is 7. The Balaban J connectivity index is 1.66. The van der Waals surface area contributed by atoms with Gasteiger partial charge in [-0.15, -0.1) is 0 Å². The Bertz CT molecular complexity index is 847. The number of carbonyl (C=O) groups is 2. The molecule has 9 nitrogen and oxygen atoms in total. The summed E-state index contributed by atoms with van der Waals surface area (Å²) in [6.45, 7) is 2.98. The van der Waals surface area contributed by atoms with Gasteiger partial charge in [-0.3, -0.25) is 5.32 Å². The highest BCUT2D eigenvalue weighted by Gasteiger charge is 2.25. The Hall–Kier alpha value is -3.01. The molecule has 0 aliphatic carbocycles. The maximum atomic E-state index is 12.7. The van der Waals surface area contributed by atoms with Gasteiger partial charge in [0.2, 0.25) is 0 Å². The van der Waals surface area contributed by atoms with Crippen LogP contribution < -0.4 is 20.1 Å².